The first-order valence-corrected chi connectivity index (χ1v) is 7.22. The minimum Gasteiger partial charge on any atom is -0.315 e. The Kier molecular flexibility index (Phi) is 5.21. The number of aryl methyl sites for hydroxylation is 1. The van der Waals surface area contributed by atoms with Crippen LogP contribution in [-0.2, 0) is 6.42 Å². The number of likely N-dealkylation sites (tertiary alicyclic amines) is 1. The molecule has 1 aliphatic rings. The molecule has 0 aromatic heterocycles. The number of hydrogen-bond acceptors (Lipinski definition) is 2. The van der Waals surface area contributed by atoms with Gasteiger partial charge in [0.25, 0.3) is 0 Å². The second kappa shape index (κ2) is 6.91. The Labute approximate surface area is 111 Å². The lowest BCUT2D eigenvalue weighted by molar-refractivity contribution is 0.182. The maximum Gasteiger partial charge on any atom is 0.0217 e. The highest BCUT2D eigenvalue weighted by Crippen LogP contribution is 2.13. The molecule has 1 aliphatic heterocycles. The van der Waals surface area contributed by atoms with Crippen LogP contribution in [0.4, 0.5) is 0 Å². The summed E-state index contributed by atoms with van der Waals surface area (Å²) in [6.45, 7) is 5.66. The number of benzene rings is 1. The summed E-state index contributed by atoms with van der Waals surface area (Å²) < 4.78 is 0. The van der Waals surface area contributed by atoms with Gasteiger partial charge in [0.2, 0.25) is 0 Å². The minimum absolute atomic E-state index is 0.747. The molecule has 18 heavy (non-hydrogen) atoms. The maximum absolute atomic E-state index is 3.61. The van der Waals surface area contributed by atoms with Gasteiger partial charge in [-0.05, 0) is 51.9 Å². The molecule has 0 spiro atoms. The highest BCUT2D eigenvalue weighted by Gasteiger charge is 2.17. The van der Waals surface area contributed by atoms with E-state index in [1.54, 1.807) is 0 Å². The van der Waals surface area contributed by atoms with Gasteiger partial charge < -0.3 is 10.2 Å². The van der Waals surface area contributed by atoms with Gasteiger partial charge in [-0.1, -0.05) is 36.2 Å². The Morgan fingerprint density at radius 1 is 1.33 bits per heavy atom. The standard InChI is InChI=1S/C16H26N2/c1-14-6-5-7-15(12-14)9-10-17-13-16-8-3-4-11-18(16)2/h5-7,12,16-17H,3-4,8-11,13H2,1-2H3. The predicted molar refractivity (Wildman–Crippen MR) is 78.0 cm³/mol. The highest BCUT2D eigenvalue weighted by molar-refractivity contribution is 5.22. The molecule has 1 saturated heterocycles. The molecule has 0 amide bonds. The molecule has 1 fully saturated rings. The number of piperidine rings is 1. The molecule has 1 unspecified atom stereocenters. The van der Waals surface area contributed by atoms with Crippen LogP contribution in [0.15, 0.2) is 24.3 Å². The Bertz CT molecular complexity index is 362. The predicted octanol–water partition coefficient (Wildman–Crippen LogP) is 2.61. The van der Waals surface area contributed by atoms with Crippen molar-refractivity contribution in [1.82, 2.24) is 10.2 Å². The first kappa shape index (κ1) is 13.6. The number of rotatable bonds is 5. The van der Waals surface area contributed by atoms with Crippen molar-refractivity contribution in [1.29, 1.82) is 0 Å². The van der Waals surface area contributed by atoms with Gasteiger partial charge in [0.05, 0.1) is 0 Å². The van der Waals surface area contributed by atoms with Gasteiger partial charge in [-0.3, -0.25) is 0 Å². The molecule has 1 aromatic rings. The van der Waals surface area contributed by atoms with E-state index in [0.717, 1.165) is 25.6 Å². The summed E-state index contributed by atoms with van der Waals surface area (Å²) in [5.41, 5.74) is 2.80. The largest absolute Gasteiger partial charge is 0.315 e. The van der Waals surface area contributed by atoms with E-state index in [1.807, 2.05) is 0 Å². The van der Waals surface area contributed by atoms with E-state index in [9.17, 15) is 0 Å². The smallest absolute Gasteiger partial charge is 0.0217 e. The van der Waals surface area contributed by atoms with Crippen molar-refractivity contribution in [3.05, 3.63) is 35.4 Å². The van der Waals surface area contributed by atoms with Crippen molar-refractivity contribution in [3.8, 4) is 0 Å². The van der Waals surface area contributed by atoms with Crippen LogP contribution in [0.2, 0.25) is 0 Å². The summed E-state index contributed by atoms with van der Waals surface area (Å²) in [4.78, 5) is 2.50. The summed E-state index contributed by atoms with van der Waals surface area (Å²) in [5, 5.41) is 3.61. The van der Waals surface area contributed by atoms with Gasteiger partial charge in [-0.15, -0.1) is 0 Å². The molecule has 0 bridgehead atoms. The topological polar surface area (TPSA) is 15.3 Å². The van der Waals surface area contributed by atoms with Crippen LogP contribution in [0.3, 0.4) is 0 Å². The van der Waals surface area contributed by atoms with Gasteiger partial charge in [0, 0.05) is 12.6 Å². The van der Waals surface area contributed by atoms with E-state index in [1.165, 1.54) is 36.9 Å². The van der Waals surface area contributed by atoms with E-state index in [4.69, 9.17) is 0 Å². The minimum atomic E-state index is 0.747. The molecular weight excluding hydrogens is 220 g/mol. The Morgan fingerprint density at radius 3 is 3.00 bits per heavy atom. The molecule has 1 aromatic carbocycles. The SMILES string of the molecule is Cc1cccc(CCNCC2CCCCN2C)c1. The third-order valence-corrected chi connectivity index (χ3v) is 3.97. The van der Waals surface area contributed by atoms with Crippen molar-refractivity contribution < 1.29 is 0 Å². The normalized spacial score (nSPS) is 21.1. The second-order valence-corrected chi connectivity index (χ2v) is 5.57. The van der Waals surface area contributed by atoms with E-state index in [2.05, 4.69) is 48.5 Å². The number of hydrogen-bond donors (Lipinski definition) is 1. The van der Waals surface area contributed by atoms with E-state index in [0.29, 0.717) is 0 Å². The zero-order chi connectivity index (χ0) is 12.8. The first-order chi connectivity index (χ1) is 8.75. The molecule has 0 aliphatic carbocycles. The van der Waals surface area contributed by atoms with Gasteiger partial charge in [-0.2, -0.15) is 0 Å². The molecule has 2 rings (SSSR count). The first-order valence-electron chi connectivity index (χ1n) is 7.22. The van der Waals surface area contributed by atoms with Gasteiger partial charge in [0.1, 0.15) is 0 Å². The number of likely N-dealkylation sites (N-methyl/N-ethyl adjacent to an activating group) is 1. The molecule has 0 radical (unpaired) electrons. The van der Waals surface area contributed by atoms with Crippen LogP contribution in [0.25, 0.3) is 0 Å². The van der Waals surface area contributed by atoms with Crippen LogP contribution in [-0.4, -0.2) is 37.6 Å². The Balaban J connectivity index is 1.66. The van der Waals surface area contributed by atoms with Crippen LogP contribution >= 0.6 is 0 Å². The Hall–Kier alpha value is -0.860. The van der Waals surface area contributed by atoms with Crippen molar-refractivity contribution in [2.75, 3.05) is 26.7 Å². The van der Waals surface area contributed by atoms with Crippen molar-refractivity contribution in [2.24, 2.45) is 0 Å². The second-order valence-electron chi connectivity index (χ2n) is 5.57. The van der Waals surface area contributed by atoms with Crippen LogP contribution in [0.1, 0.15) is 30.4 Å². The summed E-state index contributed by atoms with van der Waals surface area (Å²) in [6, 6.07) is 9.57. The monoisotopic (exact) mass is 246 g/mol. The summed E-state index contributed by atoms with van der Waals surface area (Å²) in [7, 11) is 2.26. The van der Waals surface area contributed by atoms with Gasteiger partial charge >= 0.3 is 0 Å². The molecule has 0 saturated carbocycles. The van der Waals surface area contributed by atoms with E-state index in [-0.39, 0.29) is 0 Å². The Morgan fingerprint density at radius 2 is 2.22 bits per heavy atom. The lowest BCUT2D eigenvalue weighted by atomic mass is 10.0. The molecule has 1 heterocycles. The fraction of sp³-hybridized carbons (Fsp3) is 0.625. The zero-order valence-corrected chi connectivity index (χ0v) is 11.8. The molecule has 1 atom stereocenters. The lowest BCUT2D eigenvalue weighted by Gasteiger charge is -2.32. The summed E-state index contributed by atoms with van der Waals surface area (Å²) in [6.07, 6.45) is 5.26. The average Bonchev–Trinajstić information content (AvgIpc) is 2.37. The fourth-order valence-corrected chi connectivity index (χ4v) is 2.77. The highest BCUT2D eigenvalue weighted by atomic mass is 15.2. The third kappa shape index (κ3) is 4.11. The quantitative estimate of drug-likeness (QED) is 0.803. The average molecular weight is 246 g/mol. The van der Waals surface area contributed by atoms with Crippen molar-refractivity contribution in [3.63, 3.8) is 0 Å². The lowest BCUT2D eigenvalue weighted by Crippen LogP contribution is -2.43. The van der Waals surface area contributed by atoms with Crippen LogP contribution in [0.5, 0.6) is 0 Å². The molecule has 100 valence electrons. The van der Waals surface area contributed by atoms with Crippen molar-refractivity contribution in [2.45, 2.75) is 38.6 Å². The molecular formula is C16H26N2. The summed E-state index contributed by atoms with van der Waals surface area (Å²) >= 11 is 0. The van der Waals surface area contributed by atoms with Crippen LogP contribution < -0.4 is 5.32 Å². The van der Waals surface area contributed by atoms with Crippen LogP contribution in [0, 0.1) is 6.92 Å². The number of nitrogens with one attached hydrogen (secondary N) is 1. The van der Waals surface area contributed by atoms with Gasteiger partial charge in [0.15, 0.2) is 0 Å². The van der Waals surface area contributed by atoms with Crippen molar-refractivity contribution >= 4 is 0 Å². The molecule has 2 nitrogen and oxygen atoms in total. The third-order valence-electron chi connectivity index (χ3n) is 3.97. The molecule has 1 N–H and O–H groups in total. The van der Waals surface area contributed by atoms with E-state index >= 15 is 0 Å². The maximum atomic E-state index is 3.61. The zero-order valence-electron chi connectivity index (χ0n) is 11.8. The molecule has 2 heteroatoms. The van der Waals surface area contributed by atoms with E-state index < -0.39 is 0 Å². The number of nitrogens with zero attached hydrogens (tertiary/aromatic N) is 1. The fourth-order valence-electron chi connectivity index (χ4n) is 2.77. The van der Waals surface area contributed by atoms with Gasteiger partial charge in [-0.25, -0.2) is 0 Å². The summed E-state index contributed by atoms with van der Waals surface area (Å²) in [5.74, 6) is 0.